The molecular weight excluding hydrogens is 460 g/mol. The second-order valence-electron chi connectivity index (χ2n) is 8.56. The Morgan fingerprint density at radius 1 is 1.09 bits per heavy atom. The first-order chi connectivity index (χ1) is 16.9. The van der Waals surface area contributed by atoms with E-state index in [4.69, 9.17) is 9.29 Å². The highest BCUT2D eigenvalue weighted by molar-refractivity contribution is 7.85. The van der Waals surface area contributed by atoms with Crippen molar-refractivity contribution in [1.29, 1.82) is 0 Å². The molecule has 0 saturated heterocycles. The summed E-state index contributed by atoms with van der Waals surface area (Å²) < 4.78 is 37.5. The van der Waals surface area contributed by atoms with Crippen molar-refractivity contribution in [2.24, 2.45) is 0 Å². The van der Waals surface area contributed by atoms with E-state index in [9.17, 15) is 8.42 Å². The SMILES string of the molecule is CCCCC1=CC(/C=C/C=C/Nc2ccccc2)c2ccc(N(CC)CCCS(=O)(=O)O)cc2O1. The van der Waals surface area contributed by atoms with Crippen LogP contribution < -0.4 is 15.0 Å². The van der Waals surface area contributed by atoms with Crippen molar-refractivity contribution < 1.29 is 17.7 Å². The summed E-state index contributed by atoms with van der Waals surface area (Å²) in [6, 6.07) is 16.2. The first-order valence-corrected chi connectivity index (χ1v) is 13.9. The van der Waals surface area contributed by atoms with Gasteiger partial charge < -0.3 is 15.0 Å². The van der Waals surface area contributed by atoms with Crippen LogP contribution in [0.1, 0.15) is 51.0 Å². The van der Waals surface area contributed by atoms with Crippen LogP contribution in [0.15, 0.2) is 84.8 Å². The molecule has 0 fully saturated rings. The zero-order chi connectivity index (χ0) is 25.1. The number of fused-ring (bicyclic) bond motifs is 1. The Labute approximate surface area is 209 Å². The van der Waals surface area contributed by atoms with Gasteiger partial charge in [-0.2, -0.15) is 8.42 Å². The van der Waals surface area contributed by atoms with Crippen LogP contribution in [0.5, 0.6) is 5.75 Å². The molecule has 1 heterocycles. The molecule has 2 aromatic carbocycles. The van der Waals surface area contributed by atoms with E-state index in [0.717, 1.165) is 54.3 Å². The minimum Gasteiger partial charge on any atom is -0.462 e. The van der Waals surface area contributed by atoms with E-state index in [1.807, 2.05) is 61.7 Å². The Bertz CT molecular complexity index is 1140. The van der Waals surface area contributed by atoms with Gasteiger partial charge >= 0.3 is 0 Å². The van der Waals surface area contributed by atoms with Crippen LogP contribution in [0.4, 0.5) is 11.4 Å². The summed E-state index contributed by atoms with van der Waals surface area (Å²) in [4.78, 5) is 2.10. The molecular formula is C28H36N2O4S. The molecule has 2 aromatic rings. The smallest absolute Gasteiger partial charge is 0.264 e. The van der Waals surface area contributed by atoms with Crippen molar-refractivity contribution in [2.45, 2.75) is 45.4 Å². The number of hydrogen-bond acceptors (Lipinski definition) is 5. The molecule has 0 amide bonds. The van der Waals surface area contributed by atoms with Crippen LogP contribution in [-0.4, -0.2) is 31.8 Å². The van der Waals surface area contributed by atoms with Crippen LogP contribution in [0.25, 0.3) is 0 Å². The Hall–Kier alpha value is -3.03. The summed E-state index contributed by atoms with van der Waals surface area (Å²) in [5, 5.41) is 3.26. The van der Waals surface area contributed by atoms with E-state index in [2.05, 4.69) is 41.4 Å². The van der Waals surface area contributed by atoms with Crippen molar-refractivity contribution in [2.75, 3.05) is 29.1 Å². The molecule has 2 N–H and O–H groups in total. The number of anilines is 2. The van der Waals surface area contributed by atoms with Gasteiger partial charge in [0.2, 0.25) is 0 Å². The Morgan fingerprint density at radius 2 is 1.89 bits per heavy atom. The van der Waals surface area contributed by atoms with Crippen molar-refractivity contribution in [3.05, 3.63) is 90.4 Å². The molecule has 0 radical (unpaired) electrons. The minimum atomic E-state index is -3.95. The molecule has 188 valence electrons. The van der Waals surface area contributed by atoms with Crippen LogP contribution >= 0.6 is 0 Å². The largest absolute Gasteiger partial charge is 0.462 e. The van der Waals surface area contributed by atoms with E-state index in [1.165, 1.54) is 0 Å². The molecule has 3 rings (SSSR count). The fraction of sp³-hybridized carbons (Fsp3) is 0.357. The highest BCUT2D eigenvalue weighted by Crippen LogP contribution is 2.39. The number of ether oxygens (including phenoxy) is 1. The molecule has 0 saturated carbocycles. The molecule has 1 unspecified atom stereocenters. The third-order valence-electron chi connectivity index (χ3n) is 5.87. The number of nitrogens with zero attached hydrogens (tertiary/aromatic N) is 1. The summed E-state index contributed by atoms with van der Waals surface area (Å²) in [5.41, 5.74) is 3.12. The normalized spacial score (nSPS) is 15.6. The number of allylic oxidation sites excluding steroid dienone is 5. The van der Waals surface area contributed by atoms with Crippen molar-refractivity contribution in [3.63, 3.8) is 0 Å². The lowest BCUT2D eigenvalue weighted by Crippen LogP contribution is -2.25. The fourth-order valence-corrected chi connectivity index (χ4v) is 4.51. The van der Waals surface area contributed by atoms with Crippen molar-refractivity contribution in [3.8, 4) is 5.75 Å². The minimum absolute atomic E-state index is 0.107. The quantitative estimate of drug-likeness (QED) is 0.243. The van der Waals surface area contributed by atoms with Gasteiger partial charge in [-0.1, -0.05) is 49.8 Å². The first-order valence-electron chi connectivity index (χ1n) is 12.3. The summed E-state index contributed by atoms with van der Waals surface area (Å²) in [6.45, 7) is 5.46. The van der Waals surface area contributed by atoms with Gasteiger partial charge in [0.1, 0.15) is 11.5 Å². The van der Waals surface area contributed by atoms with Crippen LogP contribution in [-0.2, 0) is 10.1 Å². The standard InChI is InChI=1S/C28H36N2O4S/c1-3-5-15-26-21-23(12-9-10-18-29-24-13-7-6-8-14-24)27-17-16-25(22-28(27)34-26)30(4-2)19-11-20-35(31,32)33/h6-10,12-14,16-18,21-23,29H,3-5,11,15,19-20H2,1-2H3,(H,31,32,33)/b12-9+,18-10+. The second kappa shape index (κ2) is 13.2. The lowest BCUT2D eigenvalue weighted by molar-refractivity contribution is 0.380. The van der Waals surface area contributed by atoms with E-state index >= 15 is 0 Å². The van der Waals surface area contributed by atoms with Gasteiger partial charge in [0.15, 0.2) is 0 Å². The summed E-state index contributed by atoms with van der Waals surface area (Å²) >= 11 is 0. The van der Waals surface area contributed by atoms with E-state index < -0.39 is 10.1 Å². The van der Waals surface area contributed by atoms with Gasteiger partial charge in [0.25, 0.3) is 10.1 Å². The second-order valence-corrected chi connectivity index (χ2v) is 10.1. The maximum atomic E-state index is 11.1. The first kappa shape index (κ1) is 26.6. The van der Waals surface area contributed by atoms with Gasteiger partial charge in [0, 0.05) is 54.6 Å². The van der Waals surface area contributed by atoms with Gasteiger partial charge in [0.05, 0.1) is 5.75 Å². The molecule has 0 aromatic heterocycles. The molecule has 0 spiro atoms. The number of para-hydroxylation sites is 1. The van der Waals surface area contributed by atoms with Gasteiger partial charge in [-0.3, -0.25) is 4.55 Å². The van der Waals surface area contributed by atoms with Gasteiger partial charge in [-0.15, -0.1) is 0 Å². The molecule has 7 heteroatoms. The van der Waals surface area contributed by atoms with E-state index in [-0.39, 0.29) is 11.7 Å². The van der Waals surface area contributed by atoms with Crippen molar-refractivity contribution in [1.82, 2.24) is 0 Å². The number of rotatable bonds is 13. The van der Waals surface area contributed by atoms with Crippen molar-refractivity contribution >= 4 is 21.5 Å². The topological polar surface area (TPSA) is 78.9 Å². The predicted octanol–water partition coefficient (Wildman–Crippen LogP) is 6.52. The average Bonchev–Trinajstić information content (AvgIpc) is 2.84. The Balaban J connectivity index is 1.75. The third kappa shape index (κ3) is 8.60. The van der Waals surface area contributed by atoms with Crippen LogP contribution in [0, 0.1) is 0 Å². The molecule has 0 aliphatic carbocycles. The molecule has 35 heavy (non-hydrogen) atoms. The number of hydrogen-bond donors (Lipinski definition) is 2. The summed E-state index contributed by atoms with van der Waals surface area (Å²) in [7, 11) is -3.95. The summed E-state index contributed by atoms with van der Waals surface area (Å²) in [5.74, 6) is 1.68. The fourth-order valence-electron chi connectivity index (χ4n) is 4.02. The predicted molar refractivity (Wildman–Crippen MR) is 145 cm³/mol. The highest BCUT2D eigenvalue weighted by Gasteiger charge is 2.21. The van der Waals surface area contributed by atoms with E-state index in [1.54, 1.807) is 0 Å². The maximum Gasteiger partial charge on any atom is 0.264 e. The average molecular weight is 497 g/mol. The lowest BCUT2D eigenvalue weighted by atomic mass is 9.93. The third-order valence-corrected chi connectivity index (χ3v) is 6.67. The summed E-state index contributed by atoms with van der Waals surface area (Å²) in [6.07, 6.45) is 13.7. The van der Waals surface area contributed by atoms with Crippen LogP contribution in [0.3, 0.4) is 0 Å². The highest BCUT2D eigenvalue weighted by atomic mass is 32.2. The zero-order valence-corrected chi connectivity index (χ0v) is 21.4. The van der Waals surface area contributed by atoms with Crippen LogP contribution in [0.2, 0.25) is 0 Å². The Kier molecular flexibility index (Phi) is 9.99. The molecule has 1 aliphatic heterocycles. The Morgan fingerprint density at radius 3 is 2.60 bits per heavy atom. The molecule has 6 nitrogen and oxygen atoms in total. The molecule has 0 bridgehead atoms. The molecule has 1 aliphatic rings. The lowest BCUT2D eigenvalue weighted by Gasteiger charge is -2.27. The van der Waals surface area contributed by atoms with Gasteiger partial charge in [-0.05, 0) is 50.1 Å². The zero-order valence-electron chi connectivity index (χ0n) is 20.6. The number of benzene rings is 2. The van der Waals surface area contributed by atoms with Gasteiger partial charge in [-0.25, -0.2) is 0 Å². The maximum absolute atomic E-state index is 11.1. The monoisotopic (exact) mass is 496 g/mol. The van der Waals surface area contributed by atoms with E-state index in [0.29, 0.717) is 13.0 Å². The number of nitrogens with one attached hydrogen (secondary N) is 1. The number of unbranched alkanes of at least 4 members (excludes halogenated alkanes) is 1. The molecule has 1 atom stereocenters.